The smallest absolute Gasteiger partial charge is 0.270 e. The van der Waals surface area contributed by atoms with E-state index in [0.29, 0.717) is 33.0 Å². The zero-order valence-electron chi connectivity index (χ0n) is 18.4. The van der Waals surface area contributed by atoms with Gasteiger partial charge in [0.05, 0.1) is 17.2 Å². The number of anilines is 2. The van der Waals surface area contributed by atoms with Gasteiger partial charge in [-0.25, -0.2) is 0 Å². The number of rotatable bonds is 8. The van der Waals surface area contributed by atoms with Crippen LogP contribution in [0.25, 0.3) is 6.08 Å². The lowest BCUT2D eigenvalue weighted by atomic mass is 10.2. The van der Waals surface area contributed by atoms with Crippen LogP contribution in [-0.4, -0.2) is 29.3 Å². The van der Waals surface area contributed by atoms with E-state index >= 15 is 0 Å². The summed E-state index contributed by atoms with van der Waals surface area (Å²) in [7, 11) is 0. The second kappa shape index (κ2) is 11.0. The highest BCUT2D eigenvalue weighted by Crippen LogP contribution is 2.36. The van der Waals surface area contributed by atoms with E-state index < -0.39 is 0 Å². The first-order valence-electron chi connectivity index (χ1n) is 10.6. The molecular formula is C26H22N2O4S2. The first-order chi connectivity index (χ1) is 16.5. The Balaban J connectivity index is 1.36. The molecule has 0 aromatic heterocycles. The predicted molar refractivity (Wildman–Crippen MR) is 140 cm³/mol. The summed E-state index contributed by atoms with van der Waals surface area (Å²) in [6.07, 6.45) is 1.79. The molecule has 8 heteroatoms. The summed E-state index contributed by atoms with van der Waals surface area (Å²) in [5, 5.41) is 2.77. The minimum absolute atomic E-state index is 0.102. The molecule has 0 saturated carbocycles. The molecule has 4 rings (SSSR count). The summed E-state index contributed by atoms with van der Waals surface area (Å²) in [6.45, 7) is 2.39. The van der Waals surface area contributed by atoms with Crippen LogP contribution in [-0.2, 0) is 9.59 Å². The Bertz CT molecular complexity index is 1210. The molecule has 1 heterocycles. The normalized spacial score (nSPS) is 14.4. The van der Waals surface area contributed by atoms with Crippen molar-refractivity contribution in [1.82, 2.24) is 0 Å². The zero-order valence-corrected chi connectivity index (χ0v) is 20.0. The first-order valence-corrected chi connectivity index (χ1v) is 11.8. The molecule has 6 nitrogen and oxygen atoms in total. The summed E-state index contributed by atoms with van der Waals surface area (Å²) < 4.78 is 11.5. The number of thioether (sulfide) groups is 1. The van der Waals surface area contributed by atoms with Gasteiger partial charge in [0.1, 0.15) is 11.5 Å². The van der Waals surface area contributed by atoms with Crippen LogP contribution in [0.15, 0.2) is 83.8 Å². The molecular weight excluding hydrogens is 468 g/mol. The Labute approximate surface area is 207 Å². The zero-order chi connectivity index (χ0) is 23.9. The molecule has 3 aromatic carbocycles. The molecule has 0 atom stereocenters. The Kier molecular flexibility index (Phi) is 7.61. The first kappa shape index (κ1) is 23.5. The van der Waals surface area contributed by atoms with Gasteiger partial charge in [-0.05, 0) is 67.1 Å². The third kappa shape index (κ3) is 5.84. The van der Waals surface area contributed by atoms with E-state index in [1.165, 1.54) is 16.7 Å². The van der Waals surface area contributed by atoms with Gasteiger partial charge in [0.2, 0.25) is 0 Å². The standard InChI is InChI=1S/C26H22N2O4S2/c1-2-31-21-14-10-20(11-15-21)28-25(30)23(34-26(28)33)16-18-8-12-22(13-9-18)32-17-24(29)27-19-6-4-3-5-7-19/h3-16H,2,17H2,1H3,(H,27,29)/b23-16-. The lowest BCUT2D eigenvalue weighted by Gasteiger charge is -2.15. The highest BCUT2D eigenvalue weighted by molar-refractivity contribution is 8.27. The van der Waals surface area contributed by atoms with Crippen LogP contribution < -0.4 is 19.7 Å². The molecule has 1 N–H and O–H groups in total. The third-order valence-corrected chi connectivity index (χ3v) is 6.11. The number of amides is 2. The van der Waals surface area contributed by atoms with Crippen molar-refractivity contribution < 1.29 is 19.1 Å². The molecule has 1 aliphatic rings. The van der Waals surface area contributed by atoms with Crippen molar-refractivity contribution in [3.8, 4) is 11.5 Å². The molecule has 34 heavy (non-hydrogen) atoms. The molecule has 2 amide bonds. The van der Waals surface area contributed by atoms with E-state index in [0.717, 1.165) is 11.3 Å². The van der Waals surface area contributed by atoms with Crippen LogP contribution in [0.4, 0.5) is 11.4 Å². The van der Waals surface area contributed by atoms with Gasteiger partial charge in [-0.15, -0.1) is 0 Å². The van der Waals surface area contributed by atoms with Crippen molar-refractivity contribution in [3.05, 3.63) is 89.3 Å². The van der Waals surface area contributed by atoms with Crippen molar-refractivity contribution in [3.63, 3.8) is 0 Å². The number of para-hydroxylation sites is 1. The monoisotopic (exact) mass is 490 g/mol. The van der Waals surface area contributed by atoms with Crippen molar-refractivity contribution in [2.24, 2.45) is 0 Å². The average Bonchev–Trinajstić information content (AvgIpc) is 3.12. The summed E-state index contributed by atoms with van der Waals surface area (Å²) in [6, 6.07) is 23.6. The number of ether oxygens (including phenoxy) is 2. The molecule has 1 aliphatic heterocycles. The maximum atomic E-state index is 13.0. The Morgan fingerprint density at radius 1 is 0.971 bits per heavy atom. The number of carbonyl (C=O) groups is 2. The molecule has 3 aromatic rings. The van der Waals surface area contributed by atoms with Gasteiger partial charge in [-0.3, -0.25) is 14.5 Å². The van der Waals surface area contributed by atoms with Crippen molar-refractivity contribution in [2.75, 3.05) is 23.4 Å². The van der Waals surface area contributed by atoms with Gasteiger partial charge in [-0.1, -0.05) is 54.3 Å². The van der Waals surface area contributed by atoms with Crippen molar-refractivity contribution in [1.29, 1.82) is 0 Å². The van der Waals surface area contributed by atoms with E-state index in [2.05, 4.69) is 5.32 Å². The van der Waals surface area contributed by atoms with Crippen LogP contribution in [0.1, 0.15) is 12.5 Å². The van der Waals surface area contributed by atoms with Crippen LogP contribution in [0.2, 0.25) is 0 Å². The van der Waals surface area contributed by atoms with Crippen LogP contribution in [0, 0.1) is 0 Å². The number of thiocarbonyl (C=S) groups is 1. The van der Waals surface area contributed by atoms with Crippen LogP contribution in [0.5, 0.6) is 11.5 Å². The van der Waals surface area contributed by atoms with Gasteiger partial charge in [0.15, 0.2) is 10.9 Å². The third-order valence-electron chi connectivity index (χ3n) is 4.80. The fourth-order valence-corrected chi connectivity index (χ4v) is 4.53. The highest BCUT2D eigenvalue weighted by Gasteiger charge is 2.33. The van der Waals surface area contributed by atoms with E-state index in [9.17, 15) is 9.59 Å². The van der Waals surface area contributed by atoms with E-state index in [1.54, 1.807) is 18.2 Å². The minimum atomic E-state index is -0.242. The Morgan fingerprint density at radius 3 is 2.29 bits per heavy atom. The van der Waals surface area contributed by atoms with E-state index in [4.69, 9.17) is 21.7 Å². The molecule has 0 unspecified atom stereocenters. The van der Waals surface area contributed by atoms with Crippen LogP contribution in [0.3, 0.4) is 0 Å². The number of hydrogen-bond donors (Lipinski definition) is 1. The lowest BCUT2D eigenvalue weighted by molar-refractivity contribution is -0.118. The maximum absolute atomic E-state index is 13.0. The highest BCUT2D eigenvalue weighted by atomic mass is 32.2. The SMILES string of the molecule is CCOc1ccc(N2C(=O)/C(=C/c3ccc(OCC(=O)Nc4ccccc4)cc3)SC2=S)cc1. The molecule has 0 spiro atoms. The lowest BCUT2D eigenvalue weighted by Crippen LogP contribution is -2.27. The van der Waals surface area contributed by atoms with Gasteiger partial charge >= 0.3 is 0 Å². The van der Waals surface area contributed by atoms with Gasteiger partial charge in [0.25, 0.3) is 11.8 Å². The second-order valence-electron chi connectivity index (χ2n) is 7.22. The minimum Gasteiger partial charge on any atom is -0.494 e. The maximum Gasteiger partial charge on any atom is 0.270 e. The predicted octanol–water partition coefficient (Wildman–Crippen LogP) is 5.51. The number of hydrogen-bond acceptors (Lipinski definition) is 6. The van der Waals surface area contributed by atoms with E-state index in [-0.39, 0.29) is 18.4 Å². The fourth-order valence-electron chi connectivity index (χ4n) is 3.23. The van der Waals surface area contributed by atoms with Crippen molar-refractivity contribution in [2.45, 2.75) is 6.92 Å². The molecule has 172 valence electrons. The summed E-state index contributed by atoms with van der Waals surface area (Å²) in [5.41, 5.74) is 2.24. The molecule has 0 aliphatic carbocycles. The average molecular weight is 491 g/mol. The number of nitrogens with zero attached hydrogens (tertiary/aromatic N) is 1. The summed E-state index contributed by atoms with van der Waals surface area (Å²) >= 11 is 6.70. The van der Waals surface area contributed by atoms with E-state index in [1.807, 2.05) is 73.7 Å². The summed E-state index contributed by atoms with van der Waals surface area (Å²) in [4.78, 5) is 27.1. The number of nitrogens with one attached hydrogen (secondary N) is 1. The quantitative estimate of drug-likeness (QED) is 0.332. The molecule has 1 saturated heterocycles. The van der Waals surface area contributed by atoms with Crippen molar-refractivity contribution >= 4 is 57.6 Å². The summed E-state index contributed by atoms with van der Waals surface area (Å²) in [5.74, 6) is 0.889. The number of benzene rings is 3. The molecule has 0 bridgehead atoms. The largest absolute Gasteiger partial charge is 0.494 e. The van der Waals surface area contributed by atoms with Gasteiger partial charge < -0.3 is 14.8 Å². The number of carbonyl (C=O) groups excluding carboxylic acids is 2. The second-order valence-corrected chi connectivity index (χ2v) is 8.89. The van der Waals surface area contributed by atoms with Crippen LogP contribution >= 0.6 is 24.0 Å². The Morgan fingerprint density at radius 2 is 1.62 bits per heavy atom. The topological polar surface area (TPSA) is 67.9 Å². The van der Waals surface area contributed by atoms with Gasteiger partial charge in [-0.2, -0.15) is 0 Å². The van der Waals surface area contributed by atoms with Gasteiger partial charge in [0, 0.05) is 5.69 Å². The molecule has 1 fully saturated rings. The fraction of sp³-hybridized carbons (Fsp3) is 0.115. The molecule has 0 radical (unpaired) electrons. The Hall–Kier alpha value is -3.62.